The van der Waals surface area contributed by atoms with Crippen molar-refractivity contribution in [2.75, 3.05) is 13.7 Å². The van der Waals surface area contributed by atoms with Crippen LogP contribution in [0.3, 0.4) is 0 Å². The van der Waals surface area contributed by atoms with E-state index >= 15 is 0 Å². The van der Waals surface area contributed by atoms with Crippen LogP contribution < -0.4 is 5.32 Å². The SMILES string of the molecule is CO/C1=C/CCCCCCN1. The van der Waals surface area contributed by atoms with Gasteiger partial charge in [0.2, 0.25) is 0 Å². The highest BCUT2D eigenvalue weighted by molar-refractivity contribution is 4.90. The summed E-state index contributed by atoms with van der Waals surface area (Å²) in [6.45, 7) is 1.06. The second-order valence-corrected chi connectivity index (χ2v) is 2.90. The van der Waals surface area contributed by atoms with Crippen LogP contribution >= 0.6 is 0 Å². The Morgan fingerprint density at radius 3 is 2.91 bits per heavy atom. The highest BCUT2D eigenvalue weighted by atomic mass is 16.5. The Labute approximate surface area is 68.6 Å². The molecule has 1 aliphatic rings. The lowest BCUT2D eigenvalue weighted by molar-refractivity contribution is 0.260. The summed E-state index contributed by atoms with van der Waals surface area (Å²) < 4.78 is 5.13. The second kappa shape index (κ2) is 5.05. The summed E-state index contributed by atoms with van der Waals surface area (Å²) in [6.07, 6.45) is 8.56. The molecule has 0 aliphatic carbocycles. The maximum atomic E-state index is 5.13. The van der Waals surface area contributed by atoms with Crippen LogP contribution in [-0.2, 0) is 4.74 Å². The van der Waals surface area contributed by atoms with Gasteiger partial charge in [0.1, 0.15) is 0 Å². The van der Waals surface area contributed by atoms with E-state index in [4.69, 9.17) is 4.74 Å². The molecule has 0 aromatic carbocycles. The molecule has 0 spiro atoms. The number of hydrogen-bond acceptors (Lipinski definition) is 2. The van der Waals surface area contributed by atoms with Crippen LogP contribution in [0, 0.1) is 0 Å². The number of allylic oxidation sites excluding steroid dienone is 1. The molecule has 0 aromatic rings. The van der Waals surface area contributed by atoms with Gasteiger partial charge >= 0.3 is 0 Å². The predicted octanol–water partition coefficient (Wildman–Crippen LogP) is 2.03. The number of rotatable bonds is 1. The van der Waals surface area contributed by atoms with E-state index in [1.54, 1.807) is 7.11 Å². The zero-order chi connectivity index (χ0) is 7.94. The summed E-state index contributed by atoms with van der Waals surface area (Å²) >= 11 is 0. The molecule has 11 heavy (non-hydrogen) atoms. The number of ether oxygens (including phenoxy) is 1. The third-order valence-corrected chi connectivity index (χ3v) is 1.98. The molecule has 2 nitrogen and oxygen atoms in total. The zero-order valence-corrected chi connectivity index (χ0v) is 7.23. The highest BCUT2D eigenvalue weighted by Crippen LogP contribution is 2.07. The van der Waals surface area contributed by atoms with Crippen LogP contribution in [0.25, 0.3) is 0 Å². The van der Waals surface area contributed by atoms with Crippen LogP contribution in [0.15, 0.2) is 12.0 Å². The lowest BCUT2D eigenvalue weighted by atomic mass is 10.1. The molecule has 0 saturated heterocycles. The van der Waals surface area contributed by atoms with Crippen molar-refractivity contribution in [3.8, 4) is 0 Å². The van der Waals surface area contributed by atoms with Crippen molar-refractivity contribution >= 4 is 0 Å². The van der Waals surface area contributed by atoms with Crippen LogP contribution in [0.4, 0.5) is 0 Å². The largest absolute Gasteiger partial charge is 0.483 e. The fourth-order valence-electron chi connectivity index (χ4n) is 1.30. The van der Waals surface area contributed by atoms with Crippen molar-refractivity contribution in [2.24, 2.45) is 0 Å². The van der Waals surface area contributed by atoms with E-state index in [0.717, 1.165) is 18.8 Å². The minimum absolute atomic E-state index is 0.951. The monoisotopic (exact) mass is 155 g/mol. The van der Waals surface area contributed by atoms with E-state index in [2.05, 4.69) is 11.4 Å². The molecule has 1 aliphatic heterocycles. The lowest BCUT2D eigenvalue weighted by Gasteiger charge is -2.07. The molecule has 64 valence electrons. The summed E-state index contributed by atoms with van der Waals surface area (Å²) in [5, 5.41) is 3.25. The molecule has 0 saturated carbocycles. The minimum Gasteiger partial charge on any atom is -0.483 e. The molecular formula is C9H17NO. The Morgan fingerprint density at radius 1 is 1.27 bits per heavy atom. The van der Waals surface area contributed by atoms with Gasteiger partial charge in [-0.25, -0.2) is 0 Å². The molecule has 0 aromatic heterocycles. The fourth-order valence-corrected chi connectivity index (χ4v) is 1.30. The van der Waals surface area contributed by atoms with Gasteiger partial charge in [0.15, 0.2) is 5.88 Å². The van der Waals surface area contributed by atoms with Gasteiger partial charge in [-0.1, -0.05) is 12.8 Å². The van der Waals surface area contributed by atoms with Crippen molar-refractivity contribution in [3.05, 3.63) is 12.0 Å². The van der Waals surface area contributed by atoms with Gasteiger partial charge in [-0.2, -0.15) is 0 Å². The first kappa shape index (κ1) is 8.44. The van der Waals surface area contributed by atoms with Crippen LogP contribution in [0.2, 0.25) is 0 Å². The van der Waals surface area contributed by atoms with Crippen molar-refractivity contribution in [1.82, 2.24) is 5.32 Å². The first-order chi connectivity index (χ1) is 5.43. The van der Waals surface area contributed by atoms with Crippen molar-refractivity contribution in [3.63, 3.8) is 0 Å². The van der Waals surface area contributed by atoms with Crippen molar-refractivity contribution in [2.45, 2.75) is 32.1 Å². The molecule has 2 heteroatoms. The van der Waals surface area contributed by atoms with Gasteiger partial charge in [0.25, 0.3) is 0 Å². The topological polar surface area (TPSA) is 21.3 Å². The maximum Gasteiger partial charge on any atom is 0.182 e. The third kappa shape index (κ3) is 3.30. The van der Waals surface area contributed by atoms with Crippen molar-refractivity contribution < 1.29 is 4.74 Å². The van der Waals surface area contributed by atoms with Gasteiger partial charge < -0.3 is 10.1 Å². The molecule has 1 N–H and O–H groups in total. The van der Waals surface area contributed by atoms with Gasteiger partial charge in [-0.15, -0.1) is 0 Å². The van der Waals surface area contributed by atoms with E-state index in [1.165, 1.54) is 25.7 Å². The Kier molecular flexibility index (Phi) is 3.87. The highest BCUT2D eigenvalue weighted by Gasteiger charge is 1.97. The summed E-state index contributed by atoms with van der Waals surface area (Å²) in [4.78, 5) is 0. The van der Waals surface area contributed by atoms with Crippen LogP contribution in [0.5, 0.6) is 0 Å². The van der Waals surface area contributed by atoms with E-state index in [0.29, 0.717) is 0 Å². The Balaban J connectivity index is 2.34. The first-order valence-electron chi connectivity index (χ1n) is 4.41. The van der Waals surface area contributed by atoms with Gasteiger partial charge in [-0.3, -0.25) is 0 Å². The molecule has 0 radical (unpaired) electrons. The fraction of sp³-hybridized carbons (Fsp3) is 0.778. The molecule has 0 fully saturated rings. The molecule has 0 unspecified atom stereocenters. The Hall–Kier alpha value is -0.660. The normalized spacial score (nSPS) is 25.0. The summed E-state index contributed by atoms with van der Waals surface area (Å²) in [6, 6.07) is 0. The molecule has 1 rings (SSSR count). The maximum absolute atomic E-state index is 5.13. The number of hydrogen-bond donors (Lipinski definition) is 1. The number of methoxy groups -OCH3 is 1. The number of nitrogens with one attached hydrogen (secondary N) is 1. The lowest BCUT2D eigenvalue weighted by Crippen LogP contribution is -2.15. The molecule has 0 bridgehead atoms. The van der Waals surface area contributed by atoms with E-state index < -0.39 is 0 Å². The first-order valence-corrected chi connectivity index (χ1v) is 4.41. The molecule has 0 atom stereocenters. The van der Waals surface area contributed by atoms with Gasteiger partial charge in [-0.05, 0) is 25.3 Å². The molecule has 0 amide bonds. The average Bonchev–Trinajstić information content (AvgIpc) is 2.16. The Bertz CT molecular complexity index is 132. The smallest absolute Gasteiger partial charge is 0.182 e. The van der Waals surface area contributed by atoms with Gasteiger partial charge in [0, 0.05) is 6.54 Å². The summed E-state index contributed by atoms with van der Waals surface area (Å²) in [7, 11) is 1.72. The molecule has 1 heterocycles. The van der Waals surface area contributed by atoms with Crippen molar-refractivity contribution in [1.29, 1.82) is 0 Å². The third-order valence-electron chi connectivity index (χ3n) is 1.98. The summed E-state index contributed by atoms with van der Waals surface area (Å²) in [5.41, 5.74) is 0. The minimum atomic E-state index is 0.951. The van der Waals surface area contributed by atoms with Gasteiger partial charge in [0.05, 0.1) is 7.11 Å². The van der Waals surface area contributed by atoms with E-state index in [1.807, 2.05) is 0 Å². The standard InChI is InChI=1S/C9H17NO/c1-11-9-7-5-3-2-4-6-8-10-9/h7,10H,2-6,8H2,1H3/b9-7+. The van der Waals surface area contributed by atoms with Crippen LogP contribution in [-0.4, -0.2) is 13.7 Å². The van der Waals surface area contributed by atoms with E-state index in [-0.39, 0.29) is 0 Å². The Morgan fingerprint density at radius 2 is 2.09 bits per heavy atom. The zero-order valence-electron chi connectivity index (χ0n) is 7.23. The quantitative estimate of drug-likeness (QED) is 0.625. The van der Waals surface area contributed by atoms with Crippen LogP contribution in [0.1, 0.15) is 32.1 Å². The summed E-state index contributed by atoms with van der Waals surface area (Å²) in [5.74, 6) is 0.951. The van der Waals surface area contributed by atoms with E-state index in [9.17, 15) is 0 Å². The second-order valence-electron chi connectivity index (χ2n) is 2.90. The molecular weight excluding hydrogens is 138 g/mol. The predicted molar refractivity (Wildman–Crippen MR) is 46.2 cm³/mol. The average molecular weight is 155 g/mol.